The highest BCUT2D eigenvalue weighted by molar-refractivity contribution is 5.31. The van der Waals surface area contributed by atoms with Gasteiger partial charge in [-0.05, 0) is 36.0 Å². The lowest BCUT2D eigenvalue weighted by molar-refractivity contribution is 0.168. The summed E-state index contributed by atoms with van der Waals surface area (Å²) < 4.78 is 0. The Labute approximate surface area is 92.4 Å². The molecular formula is C13H21NO. The molecule has 0 saturated heterocycles. The number of rotatable bonds is 2. The normalized spacial score (nSPS) is 14.0. The molecule has 1 unspecified atom stereocenters. The van der Waals surface area contributed by atoms with Crippen LogP contribution in [-0.2, 0) is 5.41 Å². The molecule has 1 heterocycles. The number of pyridine rings is 1. The first-order chi connectivity index (χ1) is 6.86. The molecule has 2 nitrogen and oxygen atoms in total. The highest BCUT2D eigenvalue weighted by Crippen LogP contribution is 2.26. The second kappa shape index (κ2) is 4.31. The molecule has 0 aliphatic rings. The Morgan fingerprint density at radius 1 is 1.40 bits per heavy atom. The fraction of sp³-hybridized carbons (Fsp3) is 0.615. The van der Waals surface area contributed by atoms with Crippen molar-refractivity contribution in [3.8, 4) is 0 Å². The summed E-state index contributed by atoms with van der Waals surface area (Å²) in [6.07, 6.45) is 2.17. The largest absolute Gasteiger partial charge is 0.387 e. The maximum Gasteiger partial charge on any atom is 0.0957 e. The van der Waals surface area contributed by atoms with E-state index in [1.54, 1.807) is 0 Å². The zero-order valence-corrected chi connectivity index (χ0v) is 10.3. The predicted octanol–water partition coefficient (Wildman–Crippen LogP) is 3.13. The number of hydrogen-bond donors (Lipinski definition) is 1. The number of nitrogens with zero attached hydrogens (tertiary/aromatic N) is 1. The Morgan fingerprint density at radius 3 is 2.40 bits per heavy atom. The van der Waals surface area contributed by atoms with Crippen LogP contribution in [0.1, 0.15) is 57.0 Å². The SMILES string of the molecule is CCC(O)c1cc(C)c(C(C)(C)C)cn1. The number of aliphatic hydroxyl groups excluding tert-OH is 1. The molecule has 0 radical (unpaired) electrons. The Hall–Kier alpha value is -0.890. The molecule has 84 valence electrons. The first-order valence-corrected chi connectivity index (χ1v) is 5.51. The third-order valence-corrected chi connectivity index (χ3v) is 2.67. The number of aromatic nitrogens is 1. The summed E-state index contributed by atoms with van der Waals surface area (Å²) >= 11 is 0. The van der Waals surface area contributed by atoms with Gasteiger partial charge in [0.15, 0.2) is 0 Å². The van der Waals surface area contributed by atoms with Gasteiger partial charge in [0.05, 0.1) is 11.8 Å². The van der Waals surface area contributed by atoms with Gasteiger partial charge in [-0.2, -0.15) is 0 Å². The smallest absolute Gasteiger partial charge is 0.0957 e. The monoisotopic (exact) mass is 207 g/mol. The van der Waals surface area contributed by atoms with E-state index in [1.165, 1.54) is 11.1 Å². The second-order valence-corrected chi connectivity index (χ2v) is 5.10. The van der Waals surface area contributed by atoms with E-state index >= 15 is 0 Å². The summed E-state index contributed by atoms with van der Waals surface area (Å²) in [5.74, 6) is 0. The van der Waals surface area contributed by atoms with Crippen LogP contribution in [0, 0.1) is 6.92 Å². The first kappa shape index (κ1) is 12.2. The second-order valence-electron chi connectivity index (χ2n) is 5.10. The van der Waals surface area contributed by atoms with Crippen LogP contribution in [0.4, 0.5) is 0 Å². The van der Waals surface area contributed by atoms with Crippen LogP contribution in [0.15, 0.2) is 12.3 Å². The average Bonchev–Trinajstić information content (AvgIpc) is 2.14. The molecule has 0 amide bonds. The molecule has 15 heavy (non-hydrogen) atoms. The molecule has 1 N–H and O–H groups in total. The molecule has 0 aliphatic carbocycles. The van der Waals surface area contributed by atoms with Crippen molar-refractivity contribution in [3.05, 3.63) is 29.1 Å². The molecule has 1 aromatic heterocycles. The van der Waals surface area contributed by atoms with Gasteiger partial charge in [0.25, 0.3) is 0 Å². The summed E-state index contributed by atoms with van der Waals surface area (Å²) in [5.41, 5.74) is 3.35. The lowest BCUT2D eigenvalue weighted by Gasteiger charge is -2.22. The summed E-state index contributed by atoms with van der Waals surface area (Å²) in [5, 5.41) is 9.68. The Balaban J connectivity index is 3.09. The van der Waals surface area contributed by atoms with Crippen LogP contribution < -0.4 is 0 Å². The van der Waals surface area contributed by atoms with Crippen molar-refractivity contribution in [2.75, 3.05) is 0 Å². The molecule has 0 fully saturated rings. The van der Waals surface area contributed by atoms with E-state index in [9.17, 15) is 5.11 Å². The molecule has 0 aromatic carbocycles. The van der Waals surface area contributed by atoms with Crippen molar-refractivity contribution in [1.29, 1.82) is 0 Å². The standard InChI is InChI=1S/C13H21NO/c1-6-12(15)11-7-9(2)10(8-14-11)13(3,4)5/h7-8,12,15H,6H2,1-5H3. The molecule has 1 atom stereocenters. The van der Waals surface area contributed by atoms with Gasteiger partial charge >= 0.3 is 0 Å². The van der Waals surface area contributed by atoms with Gasteiger partial charge in [-0.3, -0.25) is 4.98 Å². The van der Waals surface area contributed by atoms with Crippen molar-refractivity contribution < 1.29 is 5.11 Å². The maximum absolute atomic E-state index is 9.68. The molecule has 2 heteroatoms. The van der Waals surface area contributed by atoms with Crippen molar-refractivity contribution >= 4 is 0 Å². The summed E-state index contributed by atoms with van der Waals surface area (Å²) in [7, 11) is 0. The minimum Gasteiger partial charge on any atom is -0.387 e. The van der Waals surface area contributed by atoms with Crippen LogP contribution in [0.3, 0.4) is 0 Å². The fourth-order valence-corrected chi connectivity index (χ4v) is 1.75. The van der Waals surface area contributed by atoms with Crippen LogP contribution in [0.2, 0.25) is 0 Å². The zero-order chi connectivity index (χ0) is 11.6. The van der Waals surface area contributed by atoms with Gasteiger partial charge in [0.2, 0.25) is 0 Å². The predicted molar refractivity (Wildman–Crippen MR) is 62.9 cm³/mol. The molecule has 0 saturated carbocycles. The molecular weight excluding hydrogens is 186 g/mol. The van der Waals surface area contributed by atoms with Crippen LogP contribution in [0.5, 0.6) is 0 Å². The molecule has 0 bridgehead atoms. The van der Waals surface area contributed by atoms with Crippen LogP contribution in [0.25, 0.3) is 0 Å². The maximum atomic E-state index is 9.68. The van der Waals surface area contributed by atoms with Crippen molar-refractivity contribution in [3.63, 3.8) is 0 Å². The van der Waals surface area contributed by atoms with E-state index in [0.29, 0.717) is 6.42 Å². The zero-order valence-electron chi connectivity index (χ0n) is 10.3. The Bertz CT molecular complexity index is 339. The molecule has 0 spiro atoms. The topological polar surface area (TPSA) is 33.1 Å². The number of hydrogen-bond acceptors (Lipinski definition) is 2. The lowest BCUT2D eigenvalue weighted by atomic mass is 9.85. The fourth-order valence-electron chi connectivity index (χ4n) is 1.75. The molecule has 1 rings (SSSR count). The quantitative estimate of drug-likeness (QED) is 0.808. The lowest BCUT2D eigenvalue weighted by Crippen LogP contribution is -2.14. The third-order valence-electron chi connectivity index (χ3n) is 2.67. The summed E-state index contributed by atoms with van der Waals surface area (Å²) in [6, 6.07) is 1.99. The van der Waals surface area contributed by atoms with E-state index in [4.69, 9.17) is 0 Å². The number of aliphatic hydroxyl groups is 1. The average molecular weight is 207 g/mol. The van der Waals surface area contributed by atoms with E-state index in [2.05, 4.69) is 32.7 Å². The molecule has 1 aromatic rings. The van der Waals surface area contributed by atoms with E-state index in [0.717, 1.165) is 5.69 Å². The van der Waals surface area contributed by atoms with E-state index in [-0.39, 0.29) is 5.41 Å². The first-order valence-electron chi connectivity index (χ1n) is 5.51. The van der Waals surface area contributed by atoms with Gasteiger partial charge in [-0.25, -0.2) is 0 Å². The van der Waals surface area contributed by atoms with Crippen molar-refractivity contribution in [2.45, 2.75) is 52.6 Å². The van der Waals surface area contributed by atoms with Crippen LogP contribution >= 0.6 is 0 Å². The third kappa shape index (κ3) is 2.78. The van der Waals surface area contributed by atoms with Crippen molar-refractivity contribution in [2.24, 2.45) is 0 Å². The summed E-state index contributed by atoms with van der Waals surface area (Å²) in [4.78, 5) is 4.33. The van der Waals surface area contributed by atoms with E-state index in [1.807, 2.05) is 19.2 Å². The number of aryl methyl sites for hydroxylation is 1. The Morgan fingerprint density at radius 2 is 2.00 bits per heavy atom. The minimum absolute atomic E-state index is 0.118. The Kier molecular flexibility index (Phi) is 3.50. The van der Waals surface area contributed by atoms with Crippen molar-refractivity contribution in [1.82, 2.24) is 4.98 Å². The van der Waals surface area contributed by atoms with E-state index < -0.39 is 6.10 Å². The summed E-state index contributed by atoms with van der Waals surface area (Å²) in [6.45, 7) is 10.6. The van der Waals surface area contributed by atoms with Gasteiger partial charge in [-0.15, -0.1) is 0 Å². The van der Waals surface area contributed by atoms with Gasteiger partial charge < -0.3 is 5.11 Å². The van der Waals surface area contributed by atoms with Gasteiger partial charge in [0, 0.05) is 6.20 Å². The minimum atomic E-state index is -0.433. The van der Waals surface area contributed by atoms with Gasteiger partial charge in [-0.1, -0.05) is 27.7 Å². The highest BCUT2D eigenvalue weighted by Gasteiger charge is 2.18. The molecule has 0 aliphatic heterocycles. The van der Waals surface area contributed by atoms with Crippen LogP contribution in [-0.4, -0.2) is 10.1 Å². The van der Waals surface area contributed by atoms with Gasteiger partial charge in [0.1, 0.15) is 0 Å². The highest BCUT2D eigenvalue weighted by atomic mass is 16.3.